The van der Waals surface area contributed by atoms with Crippen LogP contribution in [0.1, 0.15) is 11.1 Å². The number of nitrogens with one attached hydrogen (secondary N) is 1. The van der Waals surface area contributed by atoms with E-state index < -0.39 is 0 Å². The second kappa shape index (κ2) is 6.52. The normalized spacial score (nSPS) is 13.9. The van der Waals surface area contributed by atoms with Crippen molar-refractivity contribution < 1.29 is 4.74 Å². The predicted molar refractivity (Wildman–Crippen MR) is 90.7 cm³/mol. The van der Waals surface area contributed by atoms with E-state index in [0.717, 1.165) is 31.2 Å². The van der Waals surface area contributed by atoms with Crippen LogP contribution in [0.15, 0.2) is 53.5 Å². The highest BCUT2D eigenvalue weighted by molar-refractivity contribution is 5.97. The number of ether oxygens (including phenoxy) is 1. The number of rotatable bonds is 3. The van der Waals surface area contributed by atoms with Crippen molar-refractivity contribution in [3.05, 3.63) is 59.7 Å². The van der Waals surface area contributed by atoms with E-state index in [1.165, 1.54) is 16.8 Å². The van der Waals surface area contributed by atoms with Crippen LogP contribution < -0.4 is 15.0 Å². The molecule has 3 rings (SSSR count). The van der Waals surface area contributed by atoms with Crippen LogP contribution in [-0.4, -0.2) is 26.7 Å². The average molecular weight is 295 g/mol. The molecule has 114 valence electrons. The molecule has 4 nitrogen and oxygen atoms in total. The fourth-order valence-corrected chi connectivity index (χ4v) is 2.82. The fraction of sp³-hybridized carbons (Fsp3) is 0.278. The molecule has 0 fully saturated rings. The van der Waals surface area contributed by atoms with E-state index in [1.54, 1.807) is 7.11 Å². The van der Waals surface area contributed by atoms with E-state index in [-0.39, 0.29) is 0 Å². The summed E-state index contributed by atoms with van der Waals surface area (Å²) >= 11 is 0. The monoisotopic (exact) mass is 295 g/mol. The van der Waals surface area contributed by atoms with Gasteiger partial charge in [0.1, 0.15) is 5.75 Å². The van der Waals surface area contributed by atoms with Crippen molar-refractivity contribution in [2.45, 2.75) is 13.0 Å². The highest BCUT2D eigenvalue weighted by atomic mass is 16.5. The lowest BCUT2D eigenvalue weighted by Crippen LogP contribution is -2.40. The van der Waals surface area contributed by atoms with Gasteiger partial charge < -0.3 is 15.0 Å². The summed E-state index contributed by atoms with van der Waals surface area (Å²) in [4.78, 5) is 6.67. The van der Waals surface area contributed by atoms with Gasteiger partial charge in [0.15, 0.2) is 5.96 Å². The summed E-state index contributed by atoms with van der Waals surface area (Å²) in [5.41, 5.74) is 3.81. The molecule has 2 aromatic carbocycles. The molecule has 1 aliphatic rings. The van der Waals surface area contributed by atoms with Gasteiger partial charge in [-0.05, 0) is 35.7 Å². The van der Waals surface area contributed by atoms with Gasteiger partial charge in [0, 0.05) is 25.8 Å². The van der Waals surface area contributed by atoms with Gasteiger partial charge in [0.25, 0.3) is 0 Å². The Hall–Kier alpha value is -2.49. The molecule has 0 aliphatic carbocycles. The first-order valence-corrected chi connectivity index (χ1v) is 7.51. The lowest BCUT2D eigenvalue weighted by atomic mass is 10.2. The topological polar surface area (TPSA) is 36.9 Å². The van der Waals surface area contributed by atoms with E-state index in [0.29, 0.717) is 0 Å². The van der Waals surface area contributed by atoms with Crippen LogP contribution in [0, 0.1) is 0 Å². The van der Waals surface area contributed by atoms with Gasteiger partial charge in [0.05, 0.1) is 7.11 Å². The van der Waals surface area contributed by atoms with Crippen molar-refractivity contribution in [3.8, 4) is 5.75 Å². The molecule has 0 saturated heterocycles. The maximum Gasteiger partial charge on any atom is 0.198 e. The Bertz CT molecular complexity index is 682. The van der Waals surface area contributed by atoms with Crippen LogP contribution in [0.25, 0.3) is 0 Å². The van der Waals surface area contributed by atoms with Crippen LogP contribution in [0.4, 0.5) is 5.69 Å². The zero-order valence-corrected chi connectivity index (χ0v) is 13.0. The number of methoxy groups -OCH3 is 1. The summed E-state index contributed by atoms with van der Waals surface area (Å²) in [6.07, 6.45) is 1.07. The molecule has 0 atom stereocenters. The van der Waals surface area contributed by atoms with Crippen molar-refractivity contribution in [2.24, 2.45) is 4.99 Å². The van der Waals surface area contributed by atoms with Crippen molar-refractivity contribution >= 4 is 11.6 Å². The number of hydrogen-bond acceptors (Lipinski definition) is 2. The van der Waals surface area contributed by atoms with Crippen molar-refractivity contribution in [3.63, 3.8) is 0 Å². The van der Waals surface area contributed by atoms with Gasteiger partial charge in [-0.3, -0.25) is 4.99 Å². The standard InChI is InChI=1S/C18H21N3O/c1-19-18(20-13-14-6-5-8-16(12-14)22-2)21-11-10-15-7-3-4-9-17(15)21/h3-9,12H,10-11,13H2,1-2H3,(H,19,20). The van der Waals surface area contributed by atoms with Crippen LogP contribution in [0.2, 0.25) is 0 Å². The fourth-order valence-electron chi connectivity index (χ4n) is 2.82. The van der Waals surface area contributed by atoms with Gasteiger partial charge in [0.2, 0.25) is 0 Å². The molecule has 0 amide bonds. The Balaban J connectivity index is 1.71. The zero-order chi connectivity index (χ0) is 15.4. The molecular formula is C18H21N3O. The highest BCUT2D eigenvalue weighted by Crippen LogP contribution is 2.27. The van der Waals surface area contributed by atoms with Crippen LogP contribution >= 0.6 is 0 Å². The summed E-state index contributed by atoms with van der Waals surface area (Å²) in [6.45, 7) is 1.69. The number of fused-ring (bicyclic) bond motifs is 1. The number of guanidine groups is 1. The Labute approximate surface area is 131 Å². The third kappa shape index (κ3) is 2.91. The van der Waals surface area contributed by atoms with Gasteiger partial charge in [-0.1, -0.05) is 30.3 Å². The third-order valence-electron chi connectivity index (χ3n) is 3.94. The Morgan fingerprint density at radius 3 is 2.91 bits per heavy atom. The first-order valence-electron chi connectivity index (χ1n) is 7.51. The zero-order valence-electron chi connectivity index (χ0n) is 13.0. The van der Waals surface area contributed by atoms with E-state index >= 15 is 0 Å². The molecule has 0 unspecified atom stereocenters. The number of anilines is 1. The molecule has 2 aromatic rings. The number of benzene rings is 2. The molecule has 22 heavy (non-hydrogen) atoms. The molecule has 1 N–H and O–H groups in total. The molecule has 0 spiro atoms. The summed E-state index contributed by atoms with van der Waals surface area (Å²) in [5, 5.41) is 3.44. The largest absolute Gasteiger partial charge is 0.497 e. The Morgan fingerprint density at radius 1 is 1.23 bits per heavy atom. The molecule has 0 radical (unpaired) electrons. The lowest BCUT2D eigenvalue weighted by molar-refractivity contribution is 0.414. The predicted octanol–water partition coefficient (Wildman–Crippen LogP) is 2.83. The summed E-state index contributed by atoms with van der Waals surface area (Å²) in [5.74, 6) is 1.79. The molecule has 1 aliphatic heterocycles. The molecule has 0 bridgehead atoms. The van der Waals surface area contributed by atoms with E-state index in [1.807, 2.05) is 25.2 Å². The van der Waals surface area contributed by atoms with Crippen molar-refractivity contribution in [2.75, 3.05) is 25.6 Å². The van der Waals surface area contributed by atoms with E-state index in [9.17, 15) is 0 Å². The lowest BCUT2D eigenvalue weighted by Gasteiger charge is -2.22. The number of aliphatic imine (C=N–C) groups is 1. The van der Waals surface area contributed by atoms with E-state index in [4.69, 9.17) is 4.74 Å². The van der Waals surface area contributed by atoms with Crippen molar-refractivity contribution in [1.82, 2.24) is 5.32 Å². The summed E-state index contributed by atoms with van der Waals surface area (Å²) in [6, 6.07) is 16.6. The van der Waals surface area contributed by atoms with Gasteiger partial charge >= 0.3 is 0 Å². The minimum Gasteiger partial charge on any atom is -0.497 e. The van der Waals surface area contributed by atoms with E-state index in [2.05, 4.69) is 45.5 Å². The van der Waals surface area contributed by atoms with Gasteiger partial charge in [-0.25, -0.2) is 0 Å². The molecule has 0 aromatic heterocycles. The minimum absolute atomic E-state index is 0.725. The number of nitrogens with zero attached hydrogens (tertiary/aromatic N) is 2. The minimum atomic E-state index is 0.725. The Kier molecular flexibility index (Phi) is 4.28. The SMILES string of the molecule is CN=C(NCc1cccc(OC)c1)N1CCc2ccccc21. The summed E-state index contributed by atoms with van der Waals surface area (Å²) in [7, 11) is 3.52. The van der Waals surface area contributed by atoms with Crippen LogP contribution in [0.3, 0.4) is 0 Å². The van der Waals surface area contributed by atoms with Gasteiger partial charge in [-0.15, -0.1) is 0 Å². The maximum atomic E-state index is 5.27. The van der Waals surface area contributed by atoms with Crippen molar-refractivity contribution in [1.29, 1.82) is 0 Å². The first-order chi connectivity index (χ1) is 10.8. The number of hydrogen-bond donors (Lipinski definition) is 1. The smallest absolute Gasteiger partial charge is 0.198 e. The second-order valence-electron chi connectivity index (χ2n) is 5.28. The molecule has 1 heterocycles. The quantitative estimate of drug-likeness (QED) is 0.699. The third-order valence-corrected chi connectivity index (χ3v) is 3.94. The van der Waals surface area contributed by atoms with Crippen LogP contribution in [0.5, 0.6) is 5.75 Å². The second-order valence-corrected chi connectivity index (χ2v) is 5.28. The number of para-hydroxylation sites is 1. The molecular weight excluding hydrogens is 274 g/mol. The molecule has 4 heteroatoms. The molecule has 0 saturated carbocycles. The maximum absolute atomic E-state index is 5.27. The van der Waals surface area contributed by atoms with Crippen LogP contribution in [-0.2, 0) is 13.0 Å². The Morgan fingerprint density at radius 2 is 2.09 bits per heavy atom. The van der Waals surface area contributed by atoms with Gasteiger partial charge in [-0.2, -0.15) is 0 Å². The average Bonchev–Trinajstić information content (AvgIpc) is 3.00. The first kappa shape index (κ1) is 14.4. The summed E-state index contributed by atoms with van der Waals surface area (Å²) < 4.78 is 5.27. The highest BCUT2D eigenvalue weighted by Gasteiger charge is 2.22.